The predicted octanol–water partition coefficient (Wildman–Crippen LogP) is 20.6. The van der Waals surface area contributed by atoms with Gasteiger partial charge in [-0.1, -0.05) is 206 Å². The first-order valence-electron chi connectivity index (χ1n) is 50.4. The summed E-state index contributed by atoms with van der Waals surface area (Å²) < 4.78 is 29.0. The number of hydrogen-bond acceptors (Lipinski definition) is 16. The Bertz CT molecular complexity index is 5520. The van der Waals surface area contributed by atoms with Gasteiger partial charge in [0.2, 0.25) is 17.7 Å². The van der Waals surface area contributed by atoms with Crippen LogP contribution in [0.3, 0.4) is 0 Å². The first-order valence-corrected chi connectivity index (χ1v) is 51.7. The molecule has 1 saturated carbocycles. The van der Waals surface area contributed by atoms with E-state index < -0.39 is 35.8 Å². The van der Waals surface area contributed by atoms with Crippen LogP contribution in [-0.4, -0.2) is 178 Å². The zero-order valence-corrected chi connectivity index (χ0v) is 81.8. The maximum atomic E-state index is 14.1. The molecule has 0 radical (unpaired) electrons. The van der Waals surface area contributed by atoms with Crippen LogP contribution in [0.25, 0.3) is 47.4 Å². The van der Waals surface area contributed by atoms with Gasteiger partial charge in [-0.3, -0.25) is 43.7 Å². The number of unbranched alkanes of at least 4 members (excludes halogenated alkanes) is 3. The zero-order chi connectivity index (χ0) is 94.1. The zero-order valence-electron chi connectivity index (χ0n) is 80.2. The van der Waals surface area contributed by atoms with E-state index in [9.17, 15) is 37.5 Å². The molecule has 6 atom stereocenters. The number of piperidine rings is 3. The van der Waals surface area contributed by atoms with Crippen LogP contribution in [0.1, 0.15) is 251 Å². The molecule has 5 aliphatic rings. The van der Waals surface area contributed by atoms with Gasteiger partial charge in [-0.15, -0.1) is 11.3 Å². The predicted molar refractivity (Wildman–Crippen MR) is 544 cm³/mol. The van der Waals surface area contributed by atoms with Gasteiger partial charge >= 0.3 is 0 Å². The minimum Gasteiger partial charge on any atom is -0.345 e. The van der Waals surface area contributed by atoms with Crippen LogP contribution in [0.2, 0.25) is 0 Å². The highest BCUT2D eigenvalue weighted by Crippen LogP contribution is 2.33. The van der Waals surface area contributed by atoms with E-state index >= 15 is 0 Å². The fourth-order valence-electron chi connectivity index (χ4n) is 20.1. The van der Waals surface area contributed by atoms with Gasteiger partial charge in [-0.25, -0.2) is 8.78 Å². The highest BCUT2D eigenvalue weighted by atomic mass is 35.5. The van der Waals surface area contributed by atoms with Gasteiger partial charge in [-0.05, 0) is 290 Å². The Morgan fingerprint density at radius 2 is 0.896 bits per heavy atom. The minimum atomic E-state index is -0.968. The molecule has 6 aromatic carbocycles. The van der Waals surface area contributed by atoms with Crippen molar-refractivity contribution in [2.24, 2.45) is 0 Å². The maximum absolute atomic E-state index is 14.1. The molecular weight excluding hydrogens is 1710 g/mol. The van der Waals surface area contributed by atoms with Crippen molar-refractivity contribution in [2.45, 2.75) is 308 Å². The molecule has 0 spiro atoms. The van der Waals surface area contributed by atoms with Gasteiger partial charge in [-0.2, -0.15) is 0 Å². The lowest BCUT2D eigenvalue weighted by Crippen LogP contribution is -2.53. The second-order valence-electron chi connectivity index (χ2n) is 38.8. The smallest absolute Gasteiger partial charge is 0.237 e. The molecule has 4 fully saturated rings. The van der Waals surface area contributed by atoms with Crippen molar-refractivity contribution in [3.8, 4) is 0 Å². The lowest BCUT2D eigenvalue weighted by Gasteiger charge is -2.30. The van der Waals surface area contributed by atoms with Crippen molar-refractivity contribution < 1.29 is 37.5 Å². The Morgan fingerprint density at radius 3 is 1.43 bits per heavy atom. The number of Topliss-reactive ketones (excluding diaryl/α,β-unsaturated/α-hetero) is 3. The van der Waals surface area contributed by atoms with E-state index in [4.69, 9.17) is 11.6 Å². The molecule has 18 nitrogen and oxygen atoms in total. The van der Waals surface area contributed by atoms with Crippen molar-refractivity contribution in [1.82, 2.24) is 61.6 Å². The summed E-state index contributed by atoms with van der Waals surface area (Å²) in [6, 6.07) is 42.7. The number of allylic oxidation sites excluding steroid dienone is 1. The van der Waals surface area contributed by atoms with Crippen LogP contribution in [0.5, 0.6) is 0 Å². The van der Waals surface area contributed by atoms with E-state index in [0.717, 1.165) is 210 Å². The molecule has 10 aromatic rings. The van der Waals surface area contributed by atoms with Crippen molar-refractivity contribution in [1.29, 1.82) is 0 Å². The molecule has 3 saturated heterocycles. The van der Waals surface area contributed by atoms with Gasteiger partial charge in [0.05, 0.1) is 41.9 Å². The summed E-state index contributed by atoms with van der Waals surface area (Å²) in [5.41, 5.74) is 9.61. The number of nitrogens with one attached hydrogen (secondary N) is 6. The number of amides is 3. The second-order valence-corrected chi connectivity index (χ2v) is 40.2. The van der Waals surface area contributed by atoms with Gasteiger partial charge < -0.3 is 46.6 Å². The SMILES string of the molecule is Cc1nccc2cc(CCC(=O)[C@H](Cc3cccc4ccccc34)NC(=O)[C@@H](CCCCN3CCCCC3)NC(C)C)ccc12.Cc1nccc2cc(CCC(=O)[C@H](Cc3csc4ccccc34)NC(=O)[C@@H](CCCCN3CCCCC3)NC(C)C)ccc12.O=C(CCc1cnc2c(c1)C(Cl)=CC2)[C@H](Cc1ccc(F)c(F)c1)NC(=O)[C@@H](CCCCN1CCCCC1)NC1CCCCC1. The Hall–Kier alpha value is -9.42. The third-order valence-corrected chi connectivity index (χ3v) is 29.1. The second kappa shape index (κ2) is 52.8. The molecule has 3 aliphatic heterocycles. The summed E-state index contributed by atoms with van der Waals surface area (Å²) in [4.78, 5) is 104. The fourth-order valence-corrected chi connectivity index (χ4v) is 21.3. The first kappa shape index (κ1) is 102. The Labute approximate surface area is 803 Å². The Kier molecular flexibility index (Phi) is 40.2. The minimum absolute atomic E-state index is 0.0654. The molecular formula is C112H145ClF2N12O6S. The van der Waals surface area contributed by atoms with Gasteiger partial charge in [0.15, 0.2) is 29.0 Å². The first-order chi connectivity index (χ1) is 65.1. The number of carbonyl (C=O) groups is 6. The highest BCUT2D eigenvalue weighted by molar-refractivity contribution is 7.17. The third kappa shape index (κ3) is 31.3. The van der Waals surface area contributed by atoms with Crippen LogP contribution >= 0.6 is 22.9 Å². The van der Waals surface area contributed by atoms with Crippen LogP contribution in [0.15, 0.2) is 170 Å². The maximum Gasteiger partial charge on any atom is 0.237 e. The third-order valence-electron chi connectivity index (χ3n) is 27.7. The highest BCUT2D eigenvalue weighted by Gasteiger charge is 2.33. The average molecular weight is 1860 g/mol. The molecule has 6 N–H and O–H groups in total. The average Bonchev–Trinajstić information content (AvgIpc) is 1.56. The summed E-state index contributed by atoms with van der Waals surface area (Å²) in [5, 5.41) is 30.9. The number of hydrogen-bond donors (Lipinski definition) is 6. The molecule has 0 unspecified atom stereocenters. The molecule has 716 valence electrons. The molecule has 2 aliphatic carbocycles. The number of carbonyl (C=O) groups excluding carboxylic acids is 6. The lowest BCUT2D eigenvalue weighted by molar-refractivity contribution is -0.129. The number of likely N-dealkylation sites (tertiary alicyclic amines) is 3. The summed E-state index contributed by atoms with van der Waals surface area (Å²) >= 11 is 8.02. The lowest BCUT2D eigenvalue weighted by atomic mass is 9.93. The molecule has 3 amide bonds. The number of halogens is 3. The van der Waals surface area contributed by atoms with Crippen molar-refractivity contribution in [3.05, 3.63) is 237 Å². The van der Waals surface area contributed by atoms with E-state index in [0.29, 0.717) is 68.4 Å². The van der Waals surface area contributed by atoms with E-state index in [1.165, 1.54) is 101 Å². The summed E-state index contributed by atoms with van der Waals surface area (Å²) in [6.45, 7) is 22.7. The number of nitrogens with zero attached hydrogens (tertiary/aromatic N) is 6. The molecule has 0 bridgehead atoms. The fraction of sp³-hybridized carbons (Fsp3) is 0.509. The number of ketones is 3. The van der Waals surface area contributed by atoms with Gasteiger partial charge in [0, 0.05) is 113 Å². The van der Waals surface area contributed by atoms with E-state index in [1.807, 2.05) is 80.8 Å². The number of pyridine rings is 3. The summed E-state index contributed by atoms with van der Waals surface area (Å²) in [6.07, 6.45) is 37.4. The van der Waals surface area contributed by atoms with Crippen molar-refractivity contribution >= 4 is 105 Å². The van der Waals surface area contributed by atoms with Crippen LogP contribution in [0, 0.1) is 25.5 Å². The molecule has 134 heavy (non-hydrogen) atoms. The van der Waals surface area contributed by atoms with E-state index in [1.54, 1.807) is 17.5 Å². The largest absolute Gasteiger partial charge is 0.345 e. The van der Waals surface area contributed by atoms with Gasteiger partial charge in [0.25, 0.3) is 0 Å². The van der Waals surface area contributed by atoms with E-state index in [-0.39, 0.29) is 78.1 Å². The van der Waals surface area contributed by atoms with Gasteiger partial charge in [0.1, 0.15) is 0 Å². The number of thiophene rings is 1. The molecule has 22 heteroatoms. The number of aryl methyl sites for hydroxylation is 5. The Morgan fingerprint density at radius 1 is 0.433 bits per heavy atom. The normalized spacial score (nSPS) is 16.5. The standard InChI is InChI=1S/C39H50N4O2.C37H48N4O2S.C36H47ClF2N4O2/c1-28(2)41-36(16-7-10-25-43-23-8-4-9-24-43)39(45)42-37(27-32-14-11-13-31-12-5-6-15-35(31)32)38(44)20-18-30-17-19-34-29(3)40-22-21-33(34)26-30;1-26(2)39-33(12-7-10-22-41-20-8-4-9-21-41)37(43)40-34(24-30-25-44-36-13-6-5-11-32(30)36)35(42)17-15-28-14-16-31-27(3)38-19-18-29(31)23-28;37-29-14-16-32-28(29)21-26(24-40-32)13-17-35(44)34(23-25-12-15-30(38)31(39)22-25)42-36(45)33(41-27-9-3-1-4-10-27)11-5-8-20-43-18-6-2-7-19-43/h5-6,11-15,17,19,21-22,26,28,36-37,41H,4,7-10,16,18,20,23-25,27H2,1-3H3,(H,42,45);5-6,11,13-14,16,18-19,23,25-26,33-34,39H,4,7-10,12,15,17,20-22,24H2,1-3H3,(H,40,43);12,14-15,21-22,24,27,33-34,41H,1-11,13,16-20,23H2,(H,42,45)/t36-,37+;2*33-,34+/m111/s1. The van der Waals surface area contributed by atoms with Crippen LogP contribution < -0.4 is 31.9 Å². The topological polar surface area (TPSA) is 223 Å². The van der Waals surface area contributed by atoms with Crippen molar-refractivity contribution in [3.63, 3.8) is 0 Å². The van der Waals surface area contributed by atoms with Crippen LogP contribution in [0.4, 0.5) is 8.78 Å². The number of fused-ring (bicyclic) bond motifs is 5. The van der Waals surface area contributed by atoms with E-state index in [2.05, 4.69) is 167 Å². The van der Waals surface area contributed by atoms with Crippen molar-refractivity contribution in [2.75, 3.05) is 58.9 Å². The Balaban J connectivity index is 0.000000170. The quantitative estimate of drug-likeness (QED) is 0.0195. The molecule has 4 aromatic heterocycles. The monoisotopic (exact) mass is 1860 g/mol. The summed E-state index contributed by atoms with van der Waals surface area (Å²) in [7, 11) is 0. The molecule has 15 rings (SSSR count). The van der Waals surface area contributed by atoms with Crippen LogP contribution in [-0.2, 0) is 73.7 Å². The number of aromatic nitrogens is 3. The number of benzene rings is 6. The molecule has 7 heterocycles. The summed E-state index contributed by atoms with van der Waals surface area (Å²) in [5.74, 6) is -2.26. The number of rotatable bonds is 45.